The predicted octanol–water partition coefficient (Wildman–Crippen LogP) is 4.82. The molecule has 174 valence electrons. The van der Waals surface area contributed by atoms with Crippen molar-refractivity contribution in [3.05, 3.63) is 23.3 Å². The molecule has 0 saturated carbocycles. The molecule has 0 bridgehead atoms. The van der Waals surface area contributed by atoms with E-state index in [1.54, 1.807) is 34.5 Å². The van der Waals surface area contributed by atoms with Crippen LogP contribution in [-0.4, -0.2) is 58.5 Å². The Morgan fingerprint density at radius 3 is 2.33 bits per heavy atom. The van der Waals surface area contributed by atoms with Gasteiger partial charge >= 0.3 is 0 Å². The summed E-state index contributed by atoms with van der Waals surface area (Å²) in [6.45, 7) is 8.76. The van der Waals surface area contributed by atoms with Crippen LogP contribution in [0.2, 0.25) is 0 Å². The second kappa shape index (κ2) is 12.1. The Morgan fingerprint density at radius 1 is 1.20 bits per heavy atom. The van der Waals surface area contributed by atoms with E-state index in [1.807, 2.05) is 6.92 Å². The number of hydrogen-bond acceptors (Lipinski definition) is 6. The van der Waals surface area contributed by atoms with Crippen LogP contribution in [0.4, 0.5) is 0 Å². The van der Waals surface area contributed by atoms with Crippen LogP contribution < -0.4 is 0 Å². The fraction of sp³-hybridized carbons (Fsp3) is 0.792. The third kappa shape index (κ3) is 6.24. The van der Waals surface area contributed by atoms with Gasteiger partial charge in [0.25, 0.3) is 0 Å². The fourth-order valence-electron chi connectivity index (χ4n) is 4.40. The van der Waals surface area contributed by atoms with Gasteiger partial charge in [-0.25, -0.2) is 0 Å². The van der Waals surface area contributed by atoms with Gasteiger partial charge in [0.15, 0.2) is 11.6 Å². The summed E-state index contributed by atoms with van der Waals surface area (Å²) in [5, 5.41) is 0. The summed E-state index contributed by atoms with van der Waals surface area (Å²) in [5.41, 5.74) is 1.56. The molecule has 0 N–H and O–H groups in total. The van der Waals surface area contributed by atoms with Crippen LogP contribution in [0.5, 0.6) is 0 Å². The molecule has 30 heavy (non-hydrogen) atoms. The van der Waals surface area contributed by atoms with Gasteiger partial charge in [-0.3, -0.25) is 4.79 Å². The second-order valence-electron chi connectivity index (χ2n) is 8.64. The van der Waals surface area contributed by atoms with E-state index in [1.165, 1.54) is 5.57 Å². The van der Waals surface area contributed by atoms with E-state index in [9.17, 15) is 4.79 Å². The molecule has 0 amide bonds. The molecule has 6 nitrogen and oxygen atoms in total. The van der Waals surface area contributed by atoms with Crippen molar-refractivity contribution in [3.63, 3.8) is 0 Å². The van der Waals surface area contributed by atoms with E-state index in [-0.39, 0.29) is 5.92 Å². The normalized spacial score (nSPS) is 24.3. The summed E-state index contributed by atoms with van der Waals surface area (Å²) in [5.74, 6) is -1.33. The maximum Gasteiger partial charge on any atom is 0.197 e. The largest absolute Gasteiger partial charge is 0.365 e. The Hall–Kier alpha value is -1.05. The number of aldehydes is 1. The first kappa shape index (κ1) is 27.0. The molecular formula is C24H42O6. The van der Waals surface area contributed by atoms with Crippen molar-refractivity contribution in [2.45, 2.75) is 83.4 Å². The quantitative estimate of drug-likeness (QED) is 0.193. The van der Waals surface area contributed by atoms with Crippen molar-refractivity contribution >= 4 is 6.29 Å². The van der Waals surface area contributed by atoms with Crippen LogP contribution in [0.3, 0.4) is 0 Å². The Bertz CT molecular complexity index is 585. The van der Waals surface area contributed by atoms with Gasteiger partial charge < -0.3 is 23.7 Å². The van der Waals surface area contributed by atoms with E-state index < -0.39 is 17.2 Å². The van der Waals surface area contributed by atoms with E-state index >= 15 is 0 Å². The molecule has 1 aliphatic heterocycles. The first-order valence-corrected chi connectivity index (χ1v) is 10.8. The van der Waals surface area contributed by atoms with Crippen LogP contribution in [-0.2, 0) is 28.5 Å². The minimum atomic E-state index is -0.865. The minimum absolute atomic E-state index is 0.183. The van der Waals surface area contributed by atoms with Gasteiger partial charge in [-0.05, 0) is 58.1 Å². The molecule has 0 radical (unpaired) electrons. The molecule has 1 aliphatic rings. The highest BCUT2D eigenvalue weighted by Crippen LogP contribution is 2.42. The zero-order chi connectivity index (χ0) is 22.8. The standard InChI is InChI=1S/C24H42O6/c1-19(2)11-15-23(26-5,27-6)20(3)10-9-14-22(4)24(28-7,29-8)16-12-21(13-17-25)18-30-22/h11,13,17,20H,9-10,12,14-16,18H2,1-8H3/b21-13+/t20?,22-/m0/s1. The molecule has 1 rings (SSSR count). The highest BCUT2D eigenvalue weighted by molar-refractivity contribution is 5.66. The lowest BCUT2D eigenvalue weighted by molar-refractivity contribution is -0.307. The summed E-state index contributed by atoms with van der Waals surface area (Å²) in [4.78, 5) is 10.9. The molecular weight excluding hydrogens is 384 g/mol. The van der Waals surface area contributed by atoms with Crippen molar-refractivity contribution in [1.82, 2.24) is 0 Å². The van der Waals surface area contributed by atoms with E-state index in [4.69, 9.17) is 23.7 Å². The topological polar surface area (TPSA) is 63.2 Å². The summed E-state index contributed by atoms with van der Waals surface area (Å²) in [7, 11) is 6.72. The first-order chi connectivity index (χ1) is 14.2. The van der Waals surface area contributed by atoms with Crippen LogP contribution >= 0.6 is 0 Å². The lowest BCUT2D eigenvalue weighted by Crippen LogP contribution is -2.56. The Balaban J connectivity index is 2.93. The average Bonchev–Trinajstić information content (AvgIpc) is 2.86. The van der Waals surface area contributed by atoms with E-state index in [0.29, 0.717) is 25.9 Å². The van der Waals surface area contributed by atoms with Gasteiger partial charge in [-0.15, -0.1) is 0 Å². The summed E-state index contributed by atoms with van der Waals surface area (Å²) >= 11 is 0. The number of allylic oxidation sites excluding steroid dienone is 2. The summed E-state index contributed by atoms with van der Waals surface area (Å²) in [6, 6.07) is 0. The van der Waals surface area contributed by atoms with Gasteiger partial charge in [-0.2, -0.15) is 0 Å². The lowest BCUT2D eigenvalue weighted by Gasteiger charge is -2.45. The molecule has 0 aromatic carbocycles. The van der Waals surface area contributed by atoms with Gasteiger partial charge in [0.2, 0.25) is 0 Å². The van der Waals surface area contributed by atoms with E-state index in [0.717, 1.165) is 31.1 Å². The highest BCUT2D eigenvalue weighted by atomic mass is 16.7. The molecule has 1 saturated heterocycles. The van der Waals surface area contributed by atoms with Crippen LogP contribution in [0.1, 0.15) is 66.2 Å². The number of ether oxygens (including phenoxy) is 5. The summed E-state index contributed by atoms with van der Waals surface area (Å²) in [6.07, 6.45) is 9.13. The Kier molecular flexibility index (Phi) is 10.9. The van der Waals surface area contributed by atoms with Gasteiger partial charge in [0, 0.05) is 47.2 Å². The maximum atomic E-state index is 10.9. The number of hydrogen-bond donors (Lipinski definition) is 0. The molecule has 0 aliphatic carbocycles. The van der Waals surface area contributed by atoms with Crippen molar-refractivity contribution in [1.29, 1.82) is 0 Å². The van der Waals surface area contributed by atoms with Crippen molar-refractivity contribution in [2.75, 3.05) is 35.0 Å². The molecule has 1 unspecified atom stereocenters. The zero-order valence-corrected chi connectivity index (χ0v) is 20.2. The van der Waals surface area contributed by atoms with Crippen molar-refractivity contribution < 1.29 is 28.5 Å². The molecule has 0 spiro atoms. The minimum Gasteiger partial charge on any atom is -0.365 e. The SMILES string of the molecule is COC(CC=C(C)C)(OC)C(C)CCC[C@]1(C)OC/C(=C/C=O)CCC1(OC)OC. The highest BCUT2D eigenvalue weighted by Gasteiger charge is 2.51. The third-order valence-corrected chi connectivity index (χ3v) is 6.65. The van der Waals surface area contributed by atoms with Gasteiger partial charge in [0.05, 0.1) is 6.61 Å². The number of rotatable bonds is 12. The predicted molar refractivity (Wildman–Crippen MR) is 118 cm³/mol. The van der Waals surface area contributed by atoms with Crippen LogP contribution in [0, 0.1) is 5.92 Å². The number of carbonyl (C=O) groups excluding carboxylic acids is 1. The average molecular weight is 427 g/mol. The smallest absolute Gasteiger partial charge is 0.197 e. The number of methoxy groups -OCH3 is 4. The van der Waals surface area contributed by atoms with Crippen molar-refractivity contribution in [3.8, 4) is 0 Å². The monoisotopic (exact) mass is 426 g/mol. The maximum absolute atomic E-state index is 10.9. The molecule has 1 heterocycles. The third-order valence-electron chi connectivity index (χ3n) is 6.65. The van der Waals surface area contributed by atoms with Crippen LogP contribution in [0.15, 0.2) is 23.3 Å². The Morgan fingerprint density at radius 2 is 1.83 bits per heavy atom. The van der Waals surface area contributed by atoms with Gasteiger partial charge in [-0.1, -0.05) is 18.6 Å². The molecule has 0 aromatic rings. The zero-order valence-electron chi connectivity index (χ0n) is 20.2. The van der Waals surface area contributed by atoms with Crippen LogP contribution in [0.25, 0.3) is 0 Å². The molecule has 2 atom stereocenters. The number of carbonyl (C=O) groups is 1. The summed E-state index contributed by atoms with van der Waals surface area (Å²) < 4.78 is 29.7. The second-order valence-corrected chi connectivity index (χ2v) is 8.64. The molecule has 0 aromatic heterocycles. The van der Waals surface area contributed by atoms with E-state index in [2.05, 4.69) is 26.8 Å². The molecule has 6 heteroatoms. The first-order valence-electron chi connectivity index (χ1n) is 10.8. The molecule has 1 fully saturated rings. The van der Waals surface area contributed by atoms with Crippen molar-refractivity contribution in [2.24, 2.45) is 5.92 Å². The lowest BCUT2D eigenvalue weighted by atomic mass is 9.83. The van der Waals surface area contributed by atoms with Gasteiger partial charge in [0.1, 0.15) is 11.9 Å². The fourth-order valence-corrected chi connectivity index (χ4v) is 4.40. The Labute approximate surface area is 182 Å².